The van der Waals surface area contributed by atoms with Crippen molar-refractivity contribution < 1.29 is 24.2 Å². The van der Waals surface area contributed by atoms with E-state index in [1.807, 2.05) is 40.7 Å². The zero-order chi connectivity index (χ0) is 27.5. The first-order chi connectivity index (χ1) is 17.2. The Labute approximate surface area is 219 Å². The van der Waals surface area contributed by atoms with Gasteiger partial charge in [-0.05, 0) is 38.3 Å². The number of carbonyl (C=O) groups excluding carboxylic acids is 1. The normalized spacial score (nSPS) is 18.7. The summed E-state index contributed by atoms with van der Waals surface area (Å²) in [4.78, 5) is 38.3. The third kappa shape index (κ3) is 7.21. The van der Waals surface area contributed by atoms with Gasteiger partial charge in [0.1, 0.15) is 23.0 Å². The Bertz CT molecular complexity index is 1070. The van der Waals surface area contributed by atoms with E-state index in [-0.39, 0.29) is 36.2 Å². The van der Waals surface area contributed by atoms with Crippen molar-refractivity contribution in [1.29, 1.82) is 0 Å². The molecule has 3 rings (SSSR count). The number of anilines is 1. The minimum absolute atomic E-state index is 0.138. The van der Waals surface area contributed by atoms with Crippen LogP contribution in [0.1, 0.15) is 76.8 Å². The fourth-order valence-corrected chi connectivity index (χ4v) is 4.53. The first kappa shape index (κ1) is 28.4. The lowest BCUT2D eigenvalue weighted by Crippen LogP contribution is -2.58. The molecule has 10 nitrogen and oxygen atoms in total. The third-order valence-corrected chi connectivity index (χ3v) is 6.66. The lowest BCUT2D eigenvalue weighted by molar-refractivity contribution is -0.0364. The number of likely N-dealkylation sites (tertiary alicyclic amines) is 1. The molecule has 2 aromatic rings. The summed E-state index contributed by atoms with van der Waals surface area (Å²) in [7, 11) is 0. The number of hydrogen-bond acceptors (Lipinski definition) is 7. The molecule has 0 aromatic carbocycles. The lowest BCUT2D eigenvalue weighted by atomic mass is 9.81. The molecule has 1 aliphatic rings. The summed E-state index contributed by atoms with van der Waals surface area (Å²) < 4.78 is 5.44. The number of piperidine rings is 1. The topological polar surface area (TPSA) is 132 Å². The monoisotopic (exact) mass is 515 g/mol. The summed E-state index contributed by atoms with van der Waals surface area (Å²) in [5, 5.41) is 23.7. The number of furan rings is 1. The van der Waals surface area contributed by atoms with E-state index in [1.54, 1.807) is 37.3 Å². The Balaban J connectivity index is 2.00. The van der Waals surface area contributed by atoms with Crippen LogP contribution in [0.2, 0.25) is 0 Å². The Kier molecular flexibility index (Phi) is 8.52. The first-order valence-corrected chi connectivity index (χ1v) is 12.8. The van der Waals surface area contributed by atoms with Crippen molar-refractivity contribution in [1.82, 2.24) is 19.8 Å². The van der Waals surface area contributed by atoms with Crippen molar-refractivity contribution in [3.63, 3.8) is 0 Å². The van der Waals surface area contributed by atoms with Crippen molar-refractivity contribution >= 4 is 17.8 Å². The van der Waals surface area contributed by atoms with Gasteiger partial charge >= 0.3 is 6.09 Å². The van der Waals surface area contributed by atoms with Crippen molar-refractivity contribution in [2.45, 2.75) is 78.5 Å². The minimum atomic E-state index is -1.09. The van der Waals surface area contributed by atoms with E-state index < -0.39 is 17.7 Å². The standard InChI is InChI=1S/C27H41N5O5/c1-17(2)14-32(19-11-18(27(6,7)36)15-31(16-19)25(34)35)23(33)21-13-29-24(26(3,4)5)30-22(21)28-12-20-9-8-10-37-20/h8-10,13,17-19,36H,11-12,14-16H2,1-7H3,(H,34,35)(H,28,29,30)/t18-,19+/m0/s1. The molecule has 0 aliphatic carbocycles. The second-order valence-corrected chi connectivity index (χ2v) is 11.9. The maximum Gasteiger partial charge on any atom is 0.407 e. The summed E-state index contributed by atoms with van der Waals surface area (Å²) in [5.74, 6) is 1.24. The highest BCUT2D eigenvalue weighted by molar-refractivity contribution is 5.98. The molecule has 3 heterocycles. The van der Waals surface area contributed by atoms with E-state index in [1.165, 1.54) is 4.90 Å². The average molecular weight is 516 g/mol. The van der Waals surface area contributed by atoms with Gasteiger partial charge in [0, 0.05) is 37.2 Å². The highest BCUT2D eigenvalue weighted by Gasteiger charge is 2.41. The Hall–Kier alpha value is -3.14. The first-order valence-electron chi connectivity index (χ1n) is 12.8. The molecule has 2 aromatic heterocycles. The number of carbonyl (C=O) groups is 2. The predicted octanol–water partition coefficient (Wildman–Crippen LogP) is 4.22. The second-order valence-electron chi connectivity index (χ2n) is 11.9. The molecular weight excluding hydrogens is 474 g/mol. The van der Waals surface area contributed by atoms with Crippen LogP contribution in [0.5, 0.6) is 0 Å². The van der Waals surface area contributed by atoms with E-state index in [0.29, 0.717) is 42.5 Å². The molecule has 1 fully saturated rings. The van der Waals surface area contributed by atoms with Gasteiger partial charge in [0.2, 0.25) is 0 Å². The number of carboxylic acid groups (broad SMARTS) is 1. The van der Waals surface area contributed by atoms with Crippen molar-refractivity contribution in [2.24, 2.45) is 11.8 Å². The summed E-state index contributed by atoms with van der Waals surface area (Å²) >= 11 is 0. The zero-order valence-corrected chi connectivity index (χ0v) is 23.0. The zero-order valence-electron chi connectivity index (χ0n) is 23.0. The molecule has 0 radical (unpaired) electrons. The number of amides is 2. The van der Waals surface area contributed by atoms with Gasteiger partial charge in [-0.2, -0.15) is 0 Å². The fourth-order valence-electron chi connectivity index (χ4n) is 4.53. The number of aliphatic hydroxyl groups is 1. The number of rotatable bonds is 8. The van der Waals surface area contributed by atoms with Crippen molar-refractivity contribution in [2.75, 3.05) is 25.0 Å². The maximum atomic E-state index is 14.1. The quantitative estimate of drug-likeness (QED) is 0.476. The van der Waals surface area contributed by atoms with Crippen molar-refractivity contribution in [3.05, 3.63) is 41.7 Å². The van der Waals surface area contributed by atoms with Crippen LogP contribution in [0.3, 0.4) is 0 Å². The van der Waals surface area contributed by atoms with Crippen LogP contribution in [0.4, 0.5) is 10.6 Å². The van der Waals surface area contributed by atoms with E-state index >= 15 is 0 Å². The van der Waals surface area contributed by atoms with Crippen LogP contribution in [-0.4, -0.2) is 73.3 Å². The van der Waals surface area contributed by atoms with Crippen LogP contribution in [0.25, 0.3) is 0 Å². The third-order valence-electron chi connectivity index (χ3n) is 6.66. The van der Waals surface area contributed by atoms with Crippen LogP contribution in [0, 0.1) is 11.8 Å². The van der Waals surface area contributed by atoms with Gasteiger partial charge in [-0.25, -0.2) is 14.8 Å². The molecule has 0 unspecified atom stereocenters. The lowest BCUT2D eigenvalue weighted by Gasteiger charge is -2.45. The van der Waals surface area contributed by atoms with E-state index in [9.17, 15) is 19.8 Å². The minimum Gasteiger partial charge on any atom is -0.467 e. The van der Waals surface area contributed by atoms with Gasteiger partial charge in [-0.1, -0.05) is 34.6 Å². The molecule has 37 heavy (non-hydrogen) atoms. The second kappa shape index (κ2) is 11.1. The molecule has 2 atom stereocenters. The highest BCUT2D eigenvalue weighted by Crippen LogP contribution is 2.31. The van der Waals surface area contributed by atoms with Gasteiger partial charge in [0.25, 0.3) is 5.91 Å². The largest absolute Gasteiger partial charge is 0.467 e. The van der Waals surface area contributed by atoms with Gasteiger partial charge < -0.3 is 29.7 Å². The van der Waals surface area contributed by atoms with E-state index in [4.69, 9.17) is 9.40 Å². The number of aromatic nitrogens is 2. The van der Waals surface area contributed by atoms with Gasteiger partial charge in [-0.3, -0.25) is 4.79 Å². The molecule has 0 bridgehead atoms. The summed E-state index contributed by atoms with van der Waals surface area (Å²) in [6, 6.07) is 3.23. The molecular formula is C27H41N5O5. The number of nitrogens with zero attached hydrogens (tertiary/aromatic N) is 4. The molecule has 10 heteroatoms. The average Bonchev–Trinajstić information content (AvgIpc) is 3.32. The molecule has 1 aliphatic heterocycles. The Morgan fingerprint density at radius 3 is 2.49 bits per heavy atom. The molecule has 0 saturated carbocycles. The molecule has 3 N–H and O–H groups in total. The molecule has 1 saturated heterocycles. The number of nitrogens with one attached hydrogen (secondary N) is 1. The smallest absolute Gasteiger partial charge is 0.407 e. The maximum absolute atomic E-state index is 14.1. The van der Waals surface area contributed by atoms with E-state index in [2.05, 4.69) is 10.3 Å². The molecule has 2 amide bonds. The van der Waals surface area contributed by atoms with Gasteiger partial charge in [0.15, 0.2) is 0 Å². The Morgan fingerprint density at radius 1 is 1.24 bits per heavy atom. The molecule has 0 spiro atoms. The SMILES string of the molecule is CC(C)CN(C(=O)c1cnc(C(C)(C)C)nc1NCc1ccco1)[C@@H]1C[C@H](C(C)(C)O)CN(C(=O)O)C1. The predicted molar refractivity (Wildman–Crippen MR) is 140 cm³/mol. The van der Waals surface area contributed by atoms with Gasteiger partial charge in [-0.15, -0.1) is 0 Å². The van der Waals surface area contributed by atoms with Gasteiger partial charge in [0.05, 0.1) is 24.5 Å². The summed E-state index contributed by atoms with van der Waals surface area (Å²) in [6.07, 6.45) is 2.57. The fraction of sp³-hybridized carbons (Fsp3) is 0.630. The number of hydrogen-bond donors (Lipinski definition) is 3. The van der Waals surface area contributed by atoms with Crippen LogP contribution in [0.15, 0.2) is 29.0 Å². The van der Waals surface area contributed by atoms with Crippen molar-refractivity contribution in [3.8, 4) is 0 Å². The van der Waals surface area contributed by atoms with Crippen LogP contribution >= 0.6 is 0 Å². The summed E-state index contributed by atoms with van der Waals surface area (Å²) in [6.45, 7) is 14.6. The van der Waals surface area contributed by atoms with Crippen LogP contribution in [-0.2, 0) is 12.0 Å². The highest BCUT2D eigenvalue weighted by atomic mass is 16.4. The van der Waals surface area contributed by atoms with E-state index in [0.717, 1.165) is 0 Å². The Morgan fingerprint density at radius 2 is 1.95 bits per heavy atom. The molecule has 204 valence electrons. The van der Waals surface area contributed by atoms with Crippen LogP contribution < -0.4 is 5.32 Å². The summed E-state index contributed by atoms with van der Waals surface area (Å²) in [5.41, 5.74) is -1.11.